The second-order valence-electron chi connectivity index (χ2n) is 3.43. The number of rotatable bonds is 7. The van der Waals surface area contributed by atoms with Crippen LogP contribution in [0.15, 0.2) is 23.1 Å². The number of thioether (sulfide) groups is 1. The molecule has 0 aliphatic carbocycles. The molecule has 1 aromatic carbocycles. The zero-order chi connectivity index (χ0) is 13.6. The molecule has 0 saturated heterocycles. The minimum Gasteiger partial charge on any atom is -0.490 e. The van der Waals surface area contributed by atoms with E-state index in [1.54, 1.807) is 11.8 Å². The first-order valence-corrected chi connectivity index (χ1v) is 8.86. The van der Waals surface area contributed by atoms with Crippen LogP contribution in [0.5, 0.6) is 5.75 Å². The molecule has 0 aliphatic heterocycles. The molecule has 1 rings (SSSR count). The molecule has 0 spiro atoms. The first-order valence-electron chi connectivity index (χ1n) is 5.40. The quantitative estimate of drug-likeness (QED) is 0.572. The van der Waals surface area contributed by atoms with Crippen LogP contribution in [0.1, 0.15) is 13.3 Å². The van der Waals surface area contributed by atoms with Gasteiger partial charge in [-0.3, -0.25) is 0 Å². The van der Waals surface area contributed by atoms with Crippen molar-refractivity contribution in [2.24, 2.45) is 0 Å². The lowest BCUT2D eigenvalue weighted by Gasteiger charge is -2.07. The molecule has 0 unspecified atom stereocenters. The zero-order valence-corrected chi connectivity index (χ0v) is 12.2. The summed E-state index contributed by atoms with van der Waals surface area (Å²) in [4.78, 5) is -0.268. The van der Waals surface area contributed by atoms with Crippen LogP contribution in [-0.2, 0) is 9.05 Å². The Morgan fingerprint density at radius 2 is 2.17 bits per heavy atom. The van der Waals surface area contributed by atoms with Crippen LogP contribution in [0.2, 0.25) is 0 Å². The minimum atomic E-state index is -3.90. The third kappa shape index (κ3) is 5.04. The van der Waals surface area contributed by atoms with Gasteiger partial charge < -0.3 is 4.74 Å². The van der Waals surface area contributed by atoms with Crippen LogP contribution in [0.4, 0.5) is 4.39 Å². The number of ether oxygens (including phenoxy) is 1. The van der Waals surface area contributed by atoms with E-state index in [1.165, 1.54) is 12.1 Å². The Morgan fingerprint density at radius 1 is 1.44 bits per heavy atom. The second-order valence-corrected chi connectivity index (χ2v) is 7.39. The minimum absolute atomic E-state index is 0.0422. The highest BCUT2D eigenvalue weighted by Crippen LogP contribution is 2.23. The van der Waals surface area contributed by atoms with Crippen molar-refractivity contribution >= 4 is 31.5 Å². The van der Waals surface area contributed by atoms with Gasteiger partial charge in [0.25, 0.3) is 9.05 Å². The molecular formula is C11H14ClFO3S2. The van der Waals surface area contributed by atoms with E-state index in [1.807, 2.05) is 0 Å². The standard InChI is InChI=1S/C11H14ClFO3S2/c1-2-17-7-3-6-16-11-5-4-9(8-10(11)13)18(12,14)15/h4-5,8H,2-3,6-7H2,1H3. The molecule has 0 fully saturated rings. The van der Waals surface area contributed by atoms with Gasteiger partial charge in [-0.15, -0.1) is 0 Å². The molecule has 1 aromatic rings. The highest BCUT2D eigenvalue weighted by Gasteiger charge is 2.13. The van der Waals surface area contributed by atoms with Gasteiger partial charge in [0, 0.05) is 10.7 Å². The Bertz CT molecular complexity index is 491. The fourth-order valence-electron chi connectivity index (χ4n) is 1.24. The van der Waals surface area contributed by atoms with Crippen LogP contribution in [0.3, 0.4) is 0 Å². The fourth-order valence-corrected chi connectivity index (χ4v) is 2.61. The van der Waals surface area contributed by atoms with Gasteiger partial charge in [-0.1, -0.05) is 6.92 Å². The van der Waals surface area contributed by atoms with E-state index in [4.69, 9.17) is 15.4 Å². The van der Waals surface area contributed by atoms with Crippen molar-refractivity contribution in [3.8, 4) is 5.75 Å². The molecule has 102 valence electrons. The molecule has 3 nitrogen and oxygen atoms in total. The lowest BCUT2D eigenvalue weighted by Crippen LogP contribution is -2.01. The Labute approximate surface area is 115 Å². The lowest BCUT2D eigenvalue weighted by molar-refractivity contribution is 0.302. The van der Waals surface area contributed by atoms with Gasteiger partial charge >= 0.3 is 0 Å². The molecule has 0 atom stereocenters. The summed E-state index contributed by atoms with van der Waals surface area (Å²) in [5.41, 5.74) is 0. The molecule has 0 N–H and O–H groups in total. The van der Waals surface area contributed by atoms with E-state index < -0.39 is 14.9 Å². The largest absolute Gasteiger partial charge is 0.490 e. The average Bonchev–Trinajstić information content (AvgIpc) is 2.29. The van der Waals surface area contributed by atoms with Crippen molar-refractivity contribution in [1.82, 2.24) is 0 Å². The number of hydrogen-bond acceptors (Lipinski definition) is 4. The van der Waals surface area contributed by atoms with Crippen molar-refractivity contribution in [3.63, 3.8) is 0 Å². The normalized spacial score (nSPS) is 11.5. The van der Waals surface area contributed by atoms with Crippen molar-refractivity contribution in [3.05, 3.63) is 24.0 Å². The summed E-state index contributed by atoms with van der Waals surface area (Å²) >= 11 is 1.78. The van der Waals surface area contributed by atoms with Crippen LogP contribution >= 0.6 is 22.4 Å². The molecule has 0 bridgehead atoms. The molecule has 0 saturated carbocycles. The maximum absolute atomic E-state index is 13.5. The summed E-state index contributed by atoms with van der Waals surface area (Å²) in [7, 11) is 1.21. The Morgan fingerprint density at radius 3 is 2.72 bits per heavy atom. The van der Waals surface area contributed by atoms with Crippen LogP contribution in [0.25, 0.3) is 0 Å². The number of halogens is 2. The van der Waals surface area contributed by atoms with Crippen molar-refractivity contribution in [2.75, 3.05) is 18.1 Å². The van der Waals surface area contributed by atoms with Gasteiger partial charge in [0.05, 0.1) is 11.5 Å². The van der Waals surface area contributed by atoms with Crippen LogP contribution in [-0.4, -0.2) is 26.5 Å². The molecule has 18 heavy (non-hydrogen) atoms. The smallest absolute Gasteiger partial charge is 0.261 e. The second kappa shape index (κ2) is 7.21. The molecule has 0 heterocycles. The summed E-state index contributed by atoms with van der Waals surface area (Å²) in [6.07, 6.45) is 0.813. The van der Waals surface area contributed by atoms with Gasteiger partial charge in [0.15, 0.2) is 11.6 Å². The Balaban J connectivity index is 2.58. The van der Waals surface area contributed by atoms with Crippen LogP contribution in [0, 0.1) is 5.82 Å². The zero-order valence-electron chi connectivity index (χ0n) is 9.86. The summed E-state index contributed by atoms with van der Waals surface area (Å²) < 4.78 is 40.7. The van der Waals surface area contributed by atoms with Crippen molar-refractivity contribution in [1.29, 1.82) is 0 Å². The molecule has 0 radical (unpaired) electrons. The summed E-state index contributed by atoms with van der Waals surface area (Å²) in [5.74, 6) is 1.31. The number of hydrogen-bond donors (Lipinski definition) is 0. The van der Waals surface area contributed by atoms with Crippen molar-refractivity contribution in [2.45, 2.75) is 18.2 Å². The van der Waals surface area contributed by atoms with E-state index >= 15 is 0 Å². The van der Waals surface area contributed by atoms with Crippen LogP contribution < -0.4 is 4.74 Å². The molecule has 7 heteroatoms. The van der Waals surface area contributed by atoms with E-state index in [2.05, 4.69) is 6.92 Å². The fraction of sp³-hybridized carbons (Fsp3) is 0.455. The van der Waals surface area contributed by atoms with E-state index in [9.17, 15) is 12.8 Å². The maximum atomic E-state index is 13.5. The summed E-state index contributed by atoms with van der Waals surface area (Å²) in [6, 6.07) is 3.36. The summed E-state index contributed by atoms with van der Waals surface area (Å²) in [5, 5.41) is 0. The molecular weight excluding hydrogens is 299 g/mol. The monoisotopic (exact) mass is 312 g/mol. The van der Waals surface area contributed by atoms with E-state index in [0.29, 0.717) is 6.61 Å². The highest BCUT2D eigenvalue weighted by molar-refractivity contribution is 8.13. The third-order valence-electron chi connectivity index (χ3n) is 2.08. The first kappa shape index (κ1) is 15.6. The topological polar surface area (TPSA) is 43.4 Å². The van der Waals surface area contributed by atoms with Gasteiger partial charge in [-0.05, 0) is 36.1 Å². The average molecular weight is 313 g/mol. The molecule has 0 aromatic heterocycles. The van der Waals surface area contributed by atoms with Gasteiger partial charge in [-0.25, -0.2) is 12.8 Å². The maximum Gasteiger partial charge on any atom is 0.261 e. The van der Waals surface area contributed by atoms with Gasteiger partial charge in [-0.2, -0.15) is 11.8 Å². The Kier molecular flexibility index (Phi) is 6.25. The first-order chi connectivity index (χ1) is 8.45. The van der Waals surface area contributed by atoms with Gasteiger partial charge in [0.2, 0.25) is 0 Å². The molecule has 0 aliphatic rings. The Hall–Kier alpha value is -0.460. The SMILES string of the molecule is CCSCCCOc1ccc(S(=O)(=O)Cl)cc1F. The predicted molar refractivity (Wildman–Crippen MR) is 72.5 cm³/mol. The van der Waals surface area contributed by atoms with E-state index in [0.717, 1.165) is 24.0 Å². The lowest BCUT2D eigenvalue weighted by atomic mass is 10.3. The molecule has 0 amide bonds. The highest BCUT2D eigenvalue weighted by atomic mass is 35.7. The third-order valence-corrected chi connectivity index (χ3v) is 4.42. The summed E-state index contributed by atoms with van der Waals surface area (Å²) in [6.45, 7) is 2.47. The number of benzene rings is 1. The predicted octanol–water partition coefficient (Wildman–Crippen LogP) is 3.28. The van der Waals surface area contributed by atoms with E-state index in [-0.39, 0.29) is 10.6 Å². The van der Waals surface area contributed by atoms with Crippen molar-refractivity contribution < 1.29 is 17.5 Å². The van der Waals surface area contributed by atoms with Gasteiger partial charge in [0.1, 0.15) is 0 Å².